The molecule has 1 aromatic carbocycles. The first-order valence-electron chi connectivity index (χ1n) is 7.39. The predicted molar refractivity (Wildman–Crippen MR) is 88.7 cm³/mol. The molecule has 140 valence electrons. The first-order chi connectivity index (χ1) is 12.6. The van der Waals surface area contributed by atoms with E-state index in [4.69, 9.17) is 0 Å². The highest BCUT2D eigenvalue weighted by Gasteiger charge is 2.33. The van der Waals surface area contributed by atoms with Crippen molar-refractivity contribution in [2.45, 2.75) is 11.1 Å². The summed E-state index contributed by atoms with van der Waals surface area (Å²) in [6.07, 6.45) is -2.64. The molecular weight excluding hydrogens is 385 g/mol. The van der Waals surface area contributed by atoms with E-state index in [0.717, 1.165) is 18.5 Å². The molecule has 0 fully saturated rings. The van der Waals surface area contributed by atoms with Gasteiger partial charge in [0, 0.05) is 18.6 Å². The molecule has 0 saturated carbocycles. The fourth-order valence-corrected chi connectivity index (χ4v) is 3.77. The Morgan fingerprint density at radius 2 is 1.74 bits per heavy atom. The van der Waals surface area contributed by atoms with E-state index in [0.29, 0.717) is 21.8 Å². The number of hydrogen-bond donors (Lipinski definition) is 1. The molecule has 2 aromatic heterocycles. The van der Waals surface area contributed by atoms with Crippen LogP contribution in [0, 0.1) is 0 Å². The fourth-order valence-electron chi connectivity index (χ4n) is 2.41. The first kappa shape index (κ1) is 18.6. The molecule has 0 amide bonds. The number of carbonyl (C=O) groups is 1. The van der Waals surface area contributed by atoms with Crippen molar-refractivity contribution >= 4 is 16.0 Å². The number of nitrogens with zero attached hydrogens (tertiary/aromatic N) is 2. The van der Waals surface area contributed by atoms with E-state index >= 15 is 0 Å². The van der Waals surface area contributed by atoms with Crippen molar-refractivity contribution in [3.05, 3.63) is 72.2 Å². The van der Waals surface area contributed by atoms with E-state index in [1.54, 1.807) is 30.3 Å². The second-order valence-corrected chi connectivity index (χ2v) is 7.31. The van der Waals surface area contributed by atoms with Crippen molar-refractivity contribution in [3.63, 3.8) is 0 Å². The van der Waals surface area contributed by atoms with E-state index in [-0.39, 0.29) is 11.3 Å². The summed E-state index contributed by atoms with van der Waals surface area (Å²) < 4.78 is 65.1. The van der Waals surface area contributed by atoms with Gasteiger partial charge < -0.3 is 5.11 Å². The molecule has 27 heavy (non-hydrogen) atoms. The third-order valence-corrected chi connectivity index (χ3v) is 5.34. The Bertz CT molecular complexity index is 1110. The number of carboxylic acid groups (broad SMARTS) is 1. The van der Waals surface area contributed by atoms with Crippen molar-refractivity contribution in [3.8, 4) is 11.3 Å². The molecule has 0 saturated heterocycles. The van der Waals surface area contributed by atoms with Crippen LogP contribution in [0.15, 0.2) is 66.0 Å². The Morgan fingerprint density at radius 1 is 1.07 bits per heavy atom. The number of alkyl halides is 3. The Balaban J connectivity index is 2.22. The predicted octanol–water partition coefficient (Wildman–Crippen LogP) is 3.50. The zero-order valence-corrected chi connectivity index (χ0v) is 14.2. The summed E-state index contributed by atoms with van der Waals surface area (Å²) in [7, 11) is -4.52. The van der Waals surface area contributed by atoms with Crippen molar-refractivity contribution in [1.82, 2.24) is 8.96 Å². The molecule has 0 unspecified atom stereocenters. The van der Waals surface area contributed by atoms with Crippen molar-refractivity contribution in [1.29, 1.82) is 0 Å². The first-order valence-corrected chi connectivity index (χ1v) is 8.83. The minimum Gasteiger partial charge on any atom is -0.478 e. The lowest BCUT2D eigenvalue weighted by atomic mass is 10.1. The van der Waals surface area contributed by atoms with Gasteiger partial charge in [-0.05, 0) is 17.7 Å². The Kier molecular flexibility index (Phi) is 4.52. The second kappa shape index (κ2) is 6.54. The van der Waals surface area contributed by atoms with Gasteiger partial charge in [-0.2, -0.15) is 13.2 Å². The second-order valence-electron chi connectivity index (χ2n) is 5.49. The van der Waals surface area contributed by atoms with E-state index < -0.39 is 32.6 Å². The number of pyridine rings is 1. The van der Waals surface area contributed by atoms with Crippen LogP contribution < -0.4 is 0 Å². The van der Waals surface area contributed by atoms with Gasteiger partial charge in [0.25, 0.3) is 10.0 Å². The van der Waals surface area contributed by atoms with Gasteiger partial charge in [-0.3, -0.25) is 4.98 Å². The van der Waals surface area contributed by atoms with Gasteiger partial charge in [-0.1, -0.05) is 30.3 Å². The Labute approximate surface area is 151 Å². The van der Waals surface area contributed by atoms with Gasteiger partial charge in [-0.15, -0.1) is 0 Å². The number of halogens is 3. The molecule has 3 aromatic rings. The molecule has 1 N–H and O–H groups in total. The Hall–Kier alpha value is -3.14. The van der Waals surface area contributed by atoms with Crippen molar-refractivity contribution < 1.29 is 31.5 Å². The minimum absolute atomic E-state index is 0.00501. The van der Waals surface area contributed by atoms with Crippen molar-refractivity contribution in [2.75, 3.05) is 0 Å². The summed E-state index contributed by atoms with van der Waals surface area (Å²) in [6, 6.07) is 9.61. The lowest BCUT2D eigenvalue weighted by Gasteiger charge is -2.12. The van der Waals surface area contributed by atoms with Gasteiger partial charge >= 0.3 is 12.1 Å². The van der Waals surface area contributed by atoms with Crippen LogP contribution in [-0.4, -0.2) is 28.5 Å². The Morgan fingerprint density at radius 3 is 2.33 bits per heavy atom. The molecule has 0 spiro atoms. The smallest absolute Gasteiger partial charge is 0.417 e. The lowest BCUT2D eigenvalue weighted by Crippen LogP contribution is -2.15. The number of hydrogen-bond acceptors (Lipinski definition) is 4. The highest BCUT2D eigenvalue weighted by molar-refractivity contribution is 7.90. The van der Waals surface area contributed by atoms with Gasteiger partial charge in [0.05, 0.1) is 16.8 Å². The van der Waals surface area contributed by atoms with Gasteiger partial charge in [0.2, 0.25) is 0 Å². The number of aromatic nitrogens is 2. The average Bonchev–Trinajstić information content (AvgIpc) is 3.08. The molecule has 0 radical (unpaired) electrons. The molecule has 0 aliphatic carbocycles. The SMILES string of the molecule is O=C(O)c1cc(-c2ccccc2)n(S(=O)(=O)c2cncc(C(F)(F)F)c2)c1. The van der Waals surface area contributed by atoms with Gasteiger partial charge in [0.15, 0.2) is 0 Å². The molecule has 3 rings (SSSR count). The molecule has 6 nitrogen and oxygen atoms in total. The molecule has 0 aliphatic heterocycles. The fraction of sp³-hybridized carbons (Fsp3) is 0.0588. The maximum absolute atomic E-state index is 12.9. The van der Waals surface area contributed by atoms with E-state index in [9.17, 15) is 31.5 Å². The van der Waals surface area contributed by atoms with Gasteiger partial charge in [0.1, 0.15) is 4.90 Å². The number of aromatic carboxylic acids is 1. The quantitative estimate of drug-likeness (QED) is 0.729. The van der Waals surface area contributed by atoms with Crippen LogP contribution in [0.4, 0.5) is 13.2 Å². The maximum Gasteiger partial charge on any atom is 0.417 e. The van der Waals surface area contributed by atoms with Crippen LogP contribution in [0.5, 0.6) is 0 Å². The van der Waals surface area contributed by atoms with E-state index in [1.807, 2.05) is 0 Å². The van der Waals surface area contributed by atoms with E-state index in [2.05, 4.69) is 4.98 Å². The lowest BCUT2D eigenvalue weighted by molar-refractivity contribution is -0.138. The molecule has 10 heteroatoms. The topological polar surface area (TPSA) is 89.3 Å². The van der Waals surface area contributed by atoms with Gasteiger partial charge in [-0.25, -0.2) is 17.2 Å². The zero-order valence-electron chi connectivity index (χ0n) is 13.4. The number of carboxylic acids is 1. The summed E-state index contributed by atoms with van der Waals surface area (Å²) in [5.41, 5.74) is -1.16. The van der Waals surface area contributed by atoms with Crippen LogP contribution in [-0.2, 0) is 16.2 Å². The summed E-state index contributed by atoms with van der Waals surface area (Å²) in [6.45, 7) is 0. The van der Waals surface area contributed by atoms with Crippen LogP contribution in [0.3, 0.4) is 0 Å². The summed E-state index contributed by atoms with van der Waals surface area (Å²) in [4.78, 5) is 13.9. The summed E-state index contributed by atoms with van der Waals surface area (Å²) in [5.74, 6) is -1.37. The van der Waals surface area contributed by atoms with Crippen LogP contribution in [0.1, 0.15) is 15.9 Å². The molecular formula is C17H11F3N2O4S. The van der Waals surface area contributed by atoms with Crippen LogP contribution in [0.2, 0.25) is 0 Å². The molecule has 0 bridgehead atoms. The standard InChI is InChI=1S/C17H11F3N2O4S/c18-17(19,20)13-7-14(9-21-8-13)27(25,26)22-10-12(16(23)24)6-15(22)11-4-2-1-3-5-11/h1-10H,(H,23,24). The van der Waals surface area contributed by atoms with E-state index in [1.165, 1.54) is 0 Å². The third kappa shape index (κ3) is 3.56. The third-order valence-electron chi connectivity index (χ3n) is 3.70. The minimum atomic E-state index is -4.77. The van der Waals surface area contributed by atoms with Crippen LogP contribution >= 0.6 is 0 Å². The largest absolute Gasteiger partial charge is 0.478 e. The number of rotatable bonds is 4. The zero-order chi connectivity index (χ0) is 19.8. The average molecular weight is 396 g/mol. The maximum atomic E-state index is 12.9. The summed E-state index contributed by atoms with van der Waals surface area (Å²) >= 11 is 0. The highest BCUT2D eigenvalue weighted by atomic mass is 32.2. The molecule has 2 heterocycles. The van der Waals surface area contributed by atoms with Crippen LogP contribution in [0.25, 0.3) is 11.3 Å². The normalized spacial score (nSPS) is 12.1. The monoisotopic (exact) mass is 396 g/mol. The highest BCUT2D eigenvalue weighted by Crippen LogP contribution is 2.32. The molecule has 0 aliphatic rings. The number of benzene rings is 1. The summed E-state index contributed by atoms with van der Waals surface area (Å²) in [5, 5.41) is 9.19. The molecule has 0 atom stereocenters. The van der Waals surface area contributed by atoms with Crippen molar-refractivity contribution in [2.24, 2.45) is 0 Å².